The van der Waals surface area contributed by atoms with Crippen LogP contribution in [0.3, 0.4) is 0 Å². The minimum atomic E-state index is 0.674. The zero-order valence-electron chi connectivity index (χ0n) is 9.17. The molecule has 0 radical (unpaired) electrons. The van der Waals surface area contributed by atoms with E-state index in [2.05, 4.69) is 13.0 Å². The molecule has 0 saturated carbocycles. The fourth-order valence-electron chi connectivity index (χ4n) is 1.42. The van der Waals surface area contributed by atoms with Crippen LogP contribution in [-0.4, -0.2) is 13.2 Å². The molecule has 0 heterocycles. The van der Waals surface area contributed by atoms with Crippen molar-refractivity contribution in [1.82, 2.24) is 0 Å². The summed E-state index contributed by atoms with van der Waals surface area (Å²) in [5, 5.41) is 0. The molecule has 0 spiro atoms. The second-order valence-corrected chi connectivity index (χ2v) is 2.96. The molecule has 1 aromatic rings. The van der Waals surface area contributed by atoms with E-state index in [1.165, 1.54) is 5.56 Å². The van der Waals surface area contributed by atoms with E-state index in [9.17, 15) is 0 Å². The minimum Gasteiger partial charge on any atom is -0.490 e. The third-order valence-electron chi connectivity index (χ3n) is 2.03. The predicted molar refractivity (Wildman–Crippen MR) is 58.2 cm³/mol. The molecule has 0 saturated heterocycles. The highest BCUT2D eigenvalue weighted by Gasteiger charge is 2.08. The molecule has 0 bridgehead atoms. The highest BCUT2D eigenvalue weighted by molar-refractivity contribution is 5.46. The Balaban J connectivity index is 3.00. The third kappa shape index (κ3) is 2.41. The summed E-state index contributed by atoms with van der Waals surface area (Å²) >= 11 is 0. The summed E-state index contributed by atoms with van der Waals surface area (Å²) in [5.41, 5.74) is 1.21. The molecule has 1 aromatic carbocycles. The van der Waals surface area contributed by atoms with Gasteiger partial charge in [0.05, 0.1) is 13.2 Å². The lowest BCUT2D eigenvalue weighted by Crippen LogP contribution is -2.01. The van der Waals surface area contributed by atoms with Crippen molar-refractivity contribution in [2.45, 2.75) is 27.2 Å². The molecule has 0 fully saturated rings. The fraction of sp³-hybridized carbons (Fsp3) is 0.500. The lowest BCUT2D eigenvalue weighted by molar-refractivity contribution is 0.285. The first-order chi connectivity index (χ1) is 6.83. The van der Waals surface area contributed by atoms with Crippen LogP contribution in [0.15, 0.2) is 18.2 Å². The summed E-state index contributed by atoms with van der Waals surface area (Å²) < 4.78 is 11.1. The molecule has 14 heavy (non-hydrogen) atoms. The van der Waals surface area contributed by atoms with E-state index in [1.807, 2.05) is 26.0 Å². The SMILES string of the molecule is CCOc1cccc(CC)c1OCC. The molecule has 78 valence electrons. The molecule has 0 N–H and O–H groups in total. The Bertz CT molecular complexity index is 282. The van der Waals surface area contributed by atoms with Gasteiger partial charge in [-0.3, -0.25) is 0 Å². The molecule has 0 aliphatic rings. The Morgan fingerprint density at radius 1 is 1.00 bits per heavy atom. The highest BCUT2D eigenvalue weighted by atomic mass is 16.5. The van der Waals surface area contributed by atoms with Gasteiger partial charge in [0.1, 0.15) is 0 Å². The summed E-state index contributed by atoms with van der Waals surface area (Å²) in [5.74, 6) is 1.76. The van der Waals surface area contributed by atoms with E-state index in [4.69, 9.17) is 9.47 Å². The van der Waals surface area contributed by atoms with Gasteiger partial charge >= 0.3 is 0 Å². The van der Waals surface area contributed by atoms with Crippen LogP contribution in [0.2, 0.25) is 0 Å². The van der Waals surface area contributed by atoms with E-state index in [0.29, 0.717) is 13.2 Å². The first-order valence-electron chi connectivity index (χ1n) is 5.20. The molecule has 2 nitrogen and oxygen atoms in total. The van der Waals surface area contributed by atoms with Crippen LogP contribution in [0.25, 0.3) is 0 Å². The van der Waals surface area contributed by atoms with E-state index >= 15 is 0 Å². The summed E-state index contributed by atoms with van der Waals surface area (Å²) in [4.78, 5) is 0. The first-order valence-corrected chi connectivity index (χ1v) is 5.20. The number of para-hydroxylation sites is 1. The van der Waals surface area contributed by atoms with Crippen molar-refractivity contribution in [3.8, 4) is 11.5 Å². The van der Waals surface area contributed by atoms with E-state index in [0.717, 1.165) is 17.9 Å². The molecular weight excluding hydrogens is 176 g/mol. The topological polar surface area (TPSA) is 18.5 Å². The van der Waals surface area contributed by atoms with Crippen LogP contribution in [0.1, 0.15) is 26.3 Å². The van der Waals surface area contributed by atoms with E-state index < -0.39 is 0 Å². The molecule has 0 atom stereocenters. The Kier molecular flexibility index (Phi) is 4.30. The average Bonchev–Trinajstić information content (AvgIpc) is 2.21. The van der Waals surface area contributed by atoms with Crippen LogP contribution in [0.5, 0.6) is 11.5 Å². The van der Waals surface area contributed by atoms with Crippen molar-refractivity contribution in [2.24, 2.45) is 0 Å². The zero-order valence-corrected chi connectivity index (χ0v) is 9.17. The van der Waals surface area contributed by atoms with Gasteiger partial charge in [0.2, 0.25) is 0 Å². The summed E-state index contributed by atoms with van der Waals surface area (Å²) in [6.07, 6.45) is 0.968. The van der Waals surface area contributed by atoms with Crippen LogP contribution >= 0.6 is 0 Å². The van der Waals surface area contributed by atoms with Crippen molar-refractivity contribution in [2.75, 3.05) is 13.2 Å². The largest absolute Gasteiger partial charge is 0.490 e. The standard InChI is InChI=1S/C12H18O2/c1-4-10-8-7-9-11(13-5-2)12(10)14-6-3/h7-9H,4-6H2,1-3H3. The van der Waals surface area contributed by atoms with Gasteiger partial charge in [-0.2, -0.15) is 0 Å². The molecule has 2 heteroatoms. The van der Waals surface area contributed by atoms with Gasteiger partial charge in [0, 0.05) is 0 Å². The van der Waals surface area contributed by atoms with Gasteiger partial charge in [-0.05, 0) is 31.9 Å². The molecule has 0 amide bonds. The number of rotatable bonds is 5. The van der Waals surface area contributed by atoms with Crippen LogP contribution in [0.4, 0.5) is 0 Å². The normalized spacial score (nSPS) is 9.93. The number of aryl methyl sites for hydroxylation is 1. The van der Waals surface area contributed by atoms with Crippen LogP contribution in [0, 0.1) is 0 Å². The van der Waals surface area contributed by atoms with Gasteiger partial charge < -0.3 is 9.47 Å². The predicted octanol–water partition coefficient (Wildman–Crippen LogP) is 3.05. The number of benzene rings is 1. The number of ether oxygens (including phenoxy) is 2. The van der Waals surface area contributed by atoms with Crippen molar-refractivity contribution in [3.63, 3.8) is 0 Å². The van der Waals surface area contributed by atoms with E-state index in [1.54, 1.807) is 0 Å². The second-order valence-electron chi connectivity index (χ2n) is 2.96. The Labute approximate surface area is 85.8 Å². The number of hydrogen-bond acceptors (Lipinski definition) is 2. The van der Waals surface area contributed by atoms with Gasteiger partial charge in [-0.15, -0.1) is 0 Å². The maximum Gasteiger partial charge on any atom is 0.164 e. The molecule has 0 aliphatic heterocycles. The fourth-order valence-corrected chi connectivity index (χ4v) is 1.42. The lowest BCUT2D eigenvalue weighted by Gasteiger charge is -2.13. The van der Waals surface area contributed by atoms with Crippen molar-refractivity contribution in [1.29, 1.82) is 0 Å². The van der Waals surface area contributed by atoms with Crippen molar-refractivity contribution >= 4 is 0 Å². The van der Waals surface area contributed by atoms with Gasteiger partial charge in [-0.1, -0.05) is 19.1 Å². The third-order valence-corrected chi connectivity index (χ3v) is 2.03. The number of hydrogen-bond donors (Lipinski definition) is 0. The zero-order chi connectivity index (χ0) is 10.4. The smallest absolute Gasteiger partial charge is 0.164 e. The minimum absolute atomic E-state index is 0.674. The first kappa shape index (κ1) is 10.9. The van der Waals surface area contributed by atoms with Gasteiger partial charge in [0.15, 0.2) is 11.5 Å². The molecule has 0 unspecified atom stereocenters. The Morgan fingerprint density at radius 2 is 1.71 bits per heavy atom. The van der Waals surface area contributed by atoms with Gasteiger partial charge in [0.25, 0.3) is 0 Å². The van der Waals surface area contributed by atoms with Crippen LogP contribution < -0.4 is 9.47 Å². The summed E-state index contributed by atoms with van der Waals surface area (Å²) in [6.45, 7) is 7.44. The Morgan fingerprint density at radius 3 is 2.29 bits per heavy atom. The Hall–Kier alpha value is -1.18. The van der Waals surface area contributed by atoms with Crippen LogP contribution in [-0.2, 0) is 6.42 Å². The summed E-state index contributed by atoms with van der Waals surface area (Å²) in [6, 6.07) is 6.04. The maximum absolute atomic E-state index is 5.59. The van der Waals surface area contributed by atoms with E-state index in [-0.39, 0.29) is 0 Å². The molecule has 0 aliphatic carbocycles. The highest BCUT2D eigenvalue weighted by Crippen LogP contribution is 2.31. The second kappa shape index (κ2) is 5.53. The lowest BCUT2D eigenvalue weighted by atomic mass is 10.1. The summed E-state index contributed by atoms with van der Waals surface area (Å²) in [7, 11) is 0. The molecule has 1 rings (SSSR count). The quantitative estimate of drug-likeness (QED) is 0.717. The van der Waals surface area contributed by atoms with Gasteiger partial charge in [-0.25, -0.2) is 0 Å². The average molecular weight is 194 g/mol. The van der Waals surface area contributed by atoms with Crippen molar-refractivity contribution < 1.29 is 9.47 Å². The monoisotopic (exact) mass is 194 g/mol. The maximum atomic E-state index is 5.59. The van der Waals surface area contributed by atoms with Crippen molar-refractivity contribution in [3.05, 3.63) is 23.8 Å². The molecule has 0 aromatic heterocycles. The molecular formula is C12H18O2.